The van der Waals surface area contributed by atoms with E-state index in [1.807, 2.05) is 44.2 Å². The second-order valence-electron chi connectivity index (χ2n) is 9.24. The molecule has 0 radical (unpaired) electrons. The molecular weight excluding hydrogens is 440 g/mol. The van der Waals surface area contributed by atoms with Crippen LogP contribution in [0.5, 0.6) is 0 Å². The Kier molecular flexibility index (Phi) is 10.0. The second kappa shape index (κ2) is 12.5. The molecule has 5 unspecified atom stereocenters. The van der Waals surface area contributed by atoms with Crippen LogP contribution >= 0.6 is 0 Å². The molecule has 0 saturated carbocycles. The zero-order valence-electron chi connectivity index (χ0n) is 19.9. The minimum Gasteiger partial charge on any atom is -0.480 e. The summed E-state index contributed by atoms with van der Waals surface area (Å²) in [6.45, 7) is 5.42. The van der Waals surface area contributed by atoms with Gasteiger partial charge in [-0.15, -0.1) is 0 Å². The highest BCUT2D eigenvalue weighted by molar-refractivity contribution is 5.94. The van der Waals surface area contributed by atoms with Gasteiger partial charge in [0.25, 0.3) is 0 Å². The van der Waals surface area contributed by atoms with Crippen molar-refractivity contribution < 1.29 is 29.4 Å². The molecule has 1 fully saturated rings. The number of hydrogen-bond donors (Lipinski definition) is 5. The van der Waals surface area contributed by atoms with Gasteiger partial charge in [-0.3, -0.25) is 14.4 Å². The van der Waals surface area contributed by atoms with E-state index in [0.29, 0.717) is 32.2 Å². The van der Waals surface area contributed by atoms with Crippen molar-refractivity contribution in [1.82, 2.24) is 15.5 Å². The number of aliphatic carboxylic acids is 1. The van der Waals surface area contributed by atoms with E-state index in [1.165, 1.54) is 11.8 Å². The van der Waals surface area contributed by atoms with Crippen LogP contribution in [-0.4, -0.2) is 75.6 Å². The summed E-state index contributed by atoms with van der Waals surface area (Å²) in [5.74, 6) is -2.79. The normalized spacial score (nSPS) is 19.2. The highest BCUT2D eigenvalue weighted by atomic mass is 16.4. The summed E-state index contributed by atoms with van der Waals surface area (Å²) in [5.41, 5.74) is 6.99. The predicted molar refractivity (Wildman–Crippen MR) is 125 cm³/mol. The predicted octanol–water partition coefficient (Wildman–Crippen LogP) is 0.0285. The van der Waals surface area contributed by atoms with Crippen LogP contribution in [0.1, 0.15) is 45.6 Å². The minimum atomic E-state index is -1.48. The molecule has 5 atom stereocenters. The molecule has 1 heterocycles. The van der Waals surface area contributed by atoms with E-state index >= 15 is 0 Å². The van der Waals surface area contributed by atoms with Crippen LogP contribution in [0.4, 0.5) is 0 Å². The third-order valence-electron chi connectivity index (χ3n) is 5.84. The molecule has 1 aliphatic rings. The lowest BCUT2D eigenvalue weighted by molar-refractivity contribution is -0.147. The highest BCUT2D eigenvalue weighted by Crippen LogP contribution is 2.21. The first kappa shape index (κ1) is 27.3. The van der Waals surface area contributed by atoms with Crippen molar-refractivity contribution in [2.75, 3.05) is 6.54 Å². The maximum Gasteiger partial charge on any atom is 0.328 e. The molecule has 34 heavy (non-hydrogen) atoms. The van der Waals surface area contributed by atoms with Gasteiger partial charge in [-0.25, -0.2) is 4.79 Å². The van der Waals surface area contributed by atoms with Gasteiger partial charge in [-0.05, 0) is 44.1 Å². The van der Waals surface area contributed by atoms with Crippen LogP contribution in [0.3, 0.4) is 0 Å². The van der Waals surface area contributed by atoms with Crippen LogP contribution < -0.4 is 16.4 Å². The fraction of sp³-hybridized carbons (Fsp3) is 0.583. The summed E-state index contributed by atoms with van der Waals surface area (Å²) >= 11 is 0. The molecule has 3 amide bonds. The Hall–Kier alpha value is -2.98. The quantitative estimate of drug-likeness (QED) is 0.301. The third kappa shape index (κ3) is 7.53. The highest BCUT2D eigenvalue weighted by Gasteiger charge is 2.39. The van der Waals surface area contributed by atoms with E-state index < -0.39 is 54.0 Å². The largest absolute Gasteiger partial charge is 0.480 e. The standard InChI is InChI=1S/C24H36N4O6/c1-14(2)12-18(26-21(30)17(25)13-16-8-5-4-6-9-16)23(32)28-11-7-10-19(28)22(31)27-20(15(3)29)24(33)34/h4-6,8-9,14-15,17-20,29H,7,10-13,25H2,1-3H3,(H,26,30)(H,27,31)(H,33,34). The first-order valence-corrected chi connectivity index (χ1v) is 11.6. The summed E-state index contributed by atoms with van der Waals surface area (Å²) in [5, 5.41) is 24.0. The number of nitrogens with one attached hydrogen (secondary N) is 2. The molecule has 1 saturated heterocycles. The molecule has 1 aromatic carbocycles. The average Bonchev–Trinajstić information content (AvgIpc) is 3.26. The van der Waals surface area contributed by atoms with Crippen molar-refractivity contribution in [3.8, 4) is 0 Å². The molecule has 0 bridgehead atoms. The van der Waals surface area contributed by atoms with Crippen molar-refractivity contribution in [2.45, 2.75) is 76.7 Å². The van der Waals surface area contributed by atoms with Crippen molar-refractivity contribution in [1.29, 1.82) is 0 Å². The van der Waals surface area contributed by atoms with Gasteiger partial charge in [0.1, 0.15) is 12.1 Å². The maximum absolute atomic E-state index is 13.4. The number of carboxylic acid groups (broad SMARTS) is 1. The van der Waals surface area contributed by atoms with Crippen LogP contribution in [-0.2, 0) is 25.6 Å². The molecule has 2 rings (SSSR count). The van der Waals surface area contributed by atoms with Gasteiger partial charge in [0.05, 0.1) is 12.1 Å². The third-order valence-corrected chi connectivity index (χ3v) is 5.84. The number of carboxylic acids is 1. The van der Waals surface area contributed by atoms with Crippen molar-refractivity contribution in [3.05, 3.63) is 35.9 Å². The smallest absolute Gasteiger partial charge is 0.328 e. The fourth-order valence-electron chi connectivity index (χ4n) is 4.07. The zero-order chi connectivity index (χ0) is 25.4. The SMILES string of the molecule is CC(C)CC(NC(=O)C(N)Cc1ccccc1)C(=O)N1CCCC1C(=O)NC(C(=O)O)C(C)O. The minimum absolute atomic E-state index is 0.0844. The summed E-state index contributed by atoms with van der Waals surface area (Å²) in [4.78, 5) is 51.7. The van der Waals surface area contributed by atoms with Crippen molar-refractivity contribution >= 4 is 23.7 Å². The van der Waals surface area contributed by atoms with Gasteiger partial charge < -0.3 is 31.5 Å². The molecular formula is C24H36N4O6. The maximum atomic E-state index is 13.4. The van der Waals surface area contributed by atoms with E-state index in [9.17, 15) is 29.4 Å². The number of aliphatic hydroxyl groups is 1. The Labute approximate surface area is 199 Å². The number of carbonyl (C=O) groups excluding carboxylic acids is 3. The van der Waals surface area contributed by atoms with Crippen molar-refractivity contribution in [2.24, 2.45) is 11.7 Å². The first-order valence-electron chi connectivity index (χ1n) is 11.6. The molecule has 1 aliphatic heterocycles. The molecule has 0 aliphatic carbocycles. The average molecular weight is 477 g/mol. The summed E-state index contributed by atoms with van der Waals surface area (Å²) < 4.78 is 0. The number of amides is 3. The van der Waals surface area contributed by atoms with Crippen LogP contribution in [0, 0.1) is 5.92 Å². The fourth-order valence-corrected chi connectivity index (χ4v) is 4.07. The van der Waals surface area contributed by atoms with Gasteiger partial charge in [0, 0.05) is 6.54 Å². The second-order valence-corrected chi connectivity index (χ2v) is 9.24. The summed E-state index contributed by atoms with van der Waals surface area (Å²) in [7, 11) is 0. The van der Waals surface area contributed by atoms with E-state index in [-0.39, 0.29) is 5.92 Å². The molecule has 188 valence electrons. The van der Waals surface area contributed by atoms with E-state index in [2.05, 4.69) is 10.6 Å². The number of nitrogens with zero attached hydrogens (tertiary/aromatic N) is 1. The molecule has 6 N–H and O–H groups in total. The number of nitrogens with two attached hydrogens (primary N) is 1. The monoisotopic (exact) mass is 476 g/mol. The Morgan fingerprint density at radius 1 is 1.12 bits per heavy atom. The molecule has 10 heteroatoms. The number of aliphatic hydroxyl groups excluding tert-OH is 1. The van der Waals surface area contributed by atoms with Crippen LogP contribution in [0.25, 0.3) is 0 Å². The van der Waals surface area contributed by atoms with Crippen molar-refractivity contribution in [3.63, 3.8) is 0 Å². The first-order chi connectivity index (χ1) is 16.0. The Balaban J connectivity index is 2.11. The lowest BCUT2D eigenvalue weighted by Gasteiger charge is -2.31. The van der Waals surface area contributed by atoms with E-state index in [1.54, 1.807) is 0 Å². The molecule has 0 spiro atoms. The lowest BCUT2D eigenvalue weighted by Crippen LogP contribution is -2.58. The zero-order valence-corrected chi connectivity index (χ0v) is 19.9. The lowest BCUT2D eigenvalue weighted by atomic mass is 10.0. The molecule has 0 aromatic heterocycles. The molecule has 10 nitrogen and oxygen atoms in total. The van der Waals surface area contributed by atoms with Gasteiger partial charge in [0.15, 0.2) is 6.04 Å². The summed E-state index contributed by atoms with van der Waals surface area (Å²) in [6, 6.07) is 5.26. The van der Waals surface area contributed by atoms with Gasteiger partial charge >= 0.3 is 5.97 Å². The number of likely N-dealkylation sites (tertiary alicyclic amines) is 1. The van der Waals surface area contributed by atoms with E-state index in [4.69, 9.17) is 5.73 Å². The number of rotatable bonds is 11. The van der Waals surface area contributed by atoms with Crippen LogP contribution in [0.15, 0.2) is 30.3 Å². The Morgan fingerprint density at radius 3 is 2.32 bits per heavy atom. The summed E-state index contributed by atoms with van der Waals surface area (Å²) in [6.07, 6.45) is 0.302. The molecule has 1 aromatic rings. The van der Waals surface area contributed by atoms with Gasteiger partial charge in [-0.2, -0.15) is 0 Å². The Bertz CT molecular complexity index is 860. The number of hydrogen-bond acceptors (Lipinski definition) is 6. The number of carbonyl (C=O) groups is 4. The van der Waals surface area contributed by atoms with Crippen LogP contribution in [0.2, 0.25) is 0 Å². The van der Waals surface area contributed by atoms with E-state index in [0.717, 1.165) is 5.56 Å². The Morgan fingerprint density at radius 2 is 1.76 bits per heavy atom. The topological polar surface area (TPSA) is 162 Å². The van der Waals surface area contributed by atoms with Gasteiger partial charge in [-0.1, -0.05) is 44.2 Å². The van der Waals surface area contributed by atoms with Gasteiger partial charge in [0.2, 0.25) is 17.7 Å². The number of benzene rings is 1.